The average molecular weight is 258 g/mol. The minimum Gasteiger partial charge on any atom is -0.468 e. The highest BCUT2D eigenvalue weighted by atomic mass is 16.5. The zero-order valence-electron chi connectivity index (χ0n) is 10.1. The van der Waals surface area contributed by atoms with Crippen LogP contribution in [-0.2, 0) is 28.7 Å². The van der Waals surface area contributed by atoms with Crippen LogP contribution in [0.2, 0.25) is 0 Å². The number of nitrogens with zero attached hydrogens (tertiary/aromatic N) is 1. The number of carbonyl (C=O) groups is 4. The Labute approximate surface area is 103 Å². The summed E-state index contributed by atoms with van der Waals surface area (Å²) in [7, 11) is 2.39. The van der Waals surface area contributed by atoms with Crippen molar-refractivity contribution in [1.29, 1.82) is 0 Å². The minimum absolute atomic E-state index is 0.0905. The predicted octanol–water partition coefficient (Wildman–Crippen LogP) is -1.95. The highest BCUT2D eigenvalue weighted by Gasteiger charge is 2.37. The summed E-state index contributed by atoms with van der Waals surface area (Å²) in [5.41, 5.74) is 0. The van der Waals surface area contributed by atoms with Gasteiger partial charge in [-0.25, -0.2) is 0 Å². The average Bonchev–Trinajstić information content (AvgIpc) is 2.67. The van der Waals surface area contributed by atoms with E-state index >= 15 is 0 Å². The zero-order chi connectivity index (χ0) is 13.7. The van der Waals surface area contributed by atoms with E-state index in [0.717, 1.165) is 0 Å². The van der Waals surface area contributed by atoms with E-state index in [1.165, 1.54) is 19.1 Å². The molecule has 1 rings (SSSR count). The lowest BCUT2D eigenvalue weighted by atomic mass is 10.2. The van der Waals surface area contributed by atoms with Gasteiger partial charge in [-0.15, -0.1) is 0 Å². The number of carbonyl (C=O) groups excluding carboxylic acids is 4. The van der Waals surface area contributed by atoms with Gasteiger partial charge in [0.05, 0.1) is 39.8 Å². The van der Waals surface area contributed by atoms with Crippen LogP contribution in [0.1, 0.15) is 6.42 Å². The van der Waals surface area contributed by atoms with E-state index in [1.807, 2.05) is 0 Å². The first-order valence-corrected chi connectivity index (χ1v) is 5.19. The van der Waals surface area contributed by atoms with Gasteiger partial charge in [0.1, 0.15) is 0 Å². The van der Waals surface area contributed by atoms with Crippen molar-refractivity contribution in [2.24, 2.45) is 0 Å². The van der Waals surface area contributed by atoms with E-state index in [-0.39, 0.29) is 19.5 Å². The second-order valence-electron chi connectivity index (χ2n) is 3.69. The molecule has 1 N–H and O–H groups in total. The highest BCUT2D eigenvalue weighted by Crippen LogP contribution is 2.11. The standard InChI is InChI=1S/C10H14N2O6/c1-17-8(14)4-12(5-9(15)18-2)6-3-7(13)11-10(6)16/h6H,3-5H2,1-2H3,(H,11,13,16). The Morgan fingerprint density at radius 3 is 2.06 bits per heavy atom. The van der Waals surface area contributed by atoms with E-state index in [9.17, 15) is 19.2 Å². The van der Waals surface area contributed by atoms with E-state index < -0.39 is 29.8 Å². The Morgan fingerprint density at radius 2 is 1.72 bits per heavy atom. The van der Waals surface area contributed by atoms with Gasteiger partial charge in [0, 0.05) is 0 Å². The number of nitrogens with one attached hydrogen (secondary N) is 1. The van der Waals surface area contributed by atoms with Gasteiger partial charge in [-0.2, -0.15) is 0 Å². The van der Waals surface area contributed by atoms with Crippen molar-refractivity contribution < 1.29 is 28.7 Å². The molecule has 1 heterocycles. The number of amides is 2. The van der Waals surface area contributed by atoms with Crippen molar-refractivity contribution in [1.82, 2.24) is 10.2 Å². The van der Waals surface area contributed by atoms with Gasteiger partial charge >= 0.3 is 11.9 Å². The summed E-state index contributed by atoms with van der Waals surface area (Å²) < 4.78 is 8.94. The van der Waals surface area contributed by atoms with Crippen molar-refractivity contribution in [3.05, 3.63) is 0 Å². The van der Waals surface area contributed by atoms with Gasteiger partial charge in [0.15, 0.2) is 0 Å². The van der Waals surface area contributed by atoms with Crippen LogP contribution in [0.15, 0.2) is 0 Å². The molecule has 8 heteroatoms. The molecule has 1 aliphatic heterocycles. The molecule has 1 fully saturated rings. The molecule has 0 aromatic rings. The van der Waals surface area contributed by atoms with Gasteiger partial charge in [0.2, 0.25) is 11.8 Å². The predicted molar refractivity (Wildman–Crippen MR) is 57.2 cm³/mol. The van der Waals surface area contributed by atoms with Crippen LogP contribution in [0.5, 0.6) is 0 Å². The molecule has 0 aliphatic carbocycles. The Morgan fingerprint density at radius 1 is 1.22 bits per heavy atom. The van der Waals surface area contributed by atoms with Crippen LogP contribution in [0.25, 0.3) is 0 Å². The molecule has 0 radical (unpaired) electrons. The quantitative estimate of drug-likeness (QED) is 0.451. The fourth-order valence-corrected chi connectivity index (χ4v) is 1.57. The Hall–Kier alpha value is -1.96. The number of rotatable bonds is 5. The molecule has 8 nitrogen and oxygen atoms in total. The molecule has 2 amide bonds. The van der Waals surface area contributed by atoms with Crippen LogP contribution < -0.4 is 5.32 Å². The molecular formula is C10H14N2O6. The van der Waals surface area contributed by atoms with E-state index in [4.69, 9.17) is 0 Å². The molecular weight excluding hydrogens is 244 g/mol. The lowest BCUT2D eigenvalue weighted by Gasteiger charge is -2.23. The Balaban J connectivity index is 2.76. The summed E-state index contributed by atoms with van der Waals surface area (Å²) >= 11 is 0. The van der Waals surface area contributed by atoms with Crippen molar-refractivity contribution >= 4 is 23.8 Å². The van der Waals surface area contributed by atoms with Gasteiger partial charge in [-0.05, 0) is 0 Å². The summed E-state index contributed by atoms with van der Waals surface area (Å²) in [6.07, 6.45) is -0.0905. The molecule has 18 heavy (non-hydrogen) atoms. The smallest absolute Gasteiger partial charge is 0.319 e. The summed E-state index contributed by atoms with van der Waals surface area (Å²) in [6, 6.07) is -0.851. The van der Waals surface area contributed by atoms with E-state index in [0.29, 0.717) is 0 Å². The number of hydrogen-bond donors (Lipinski definition) is 1. The molecule has 0 aromatic heterocycles. The SMILES string of the molecule is COC(=O)CN(CC(=O)OC)C1CC(=O)NC1=O. The van der Waals surface area contributed by atoms with Crippen LogP contribution in [-0.4, -0.2) is 62.0 Å². The van der Waals surface area contributed by atoms with Crippen LogP contribution in [0, 0.1) is 0 Å². The highest BCUT2D eigenvalue weighted by molar-refractivity contribution is 6.05. The summed E-state index contributed by atoms with van der Waals surface area (Å²) in [6.45, 7) is -0.534. The topological polar surface area (TPSA) is 102 Å². The third-order valence-corrected chi connectivity index (χ3v) is 2.50. The second kappa shape index (κ2) is 6.10. The summed E-state index contributed by atoms with van der Waals surface area (Å²) in [5, 5.41) is 2.11. The number of ether oxygens (including phenoxy) is 2. The second-order valence-corrected chi connectivity index (χ2v) is 3.69. The molecule has 0 spiro atoms. The van der Waals surface area contributed by atoms with Gasteiger partial charge < -0.3 is 9.47 Å². The molecule has 1 unspecified atom stereocenters. The monoisotopic (exact) mass is 258 g/mol. The molecule has 0 bridgehead atoms. The maximum Gasteiger partial charge on any atom is 0.319 e. The molecule has 1 atom stereocenters. The molecule has 1 aliphatic rings. The fourth-order valence-electron chi connectivity index (χ4n) is 1.57. The third kappa shape index (κ3) is 3.52. The fraction of sp³-hybridized carbons (Fsp3) is 0.600. The normalized spacial score (nSPS) is 18.7. The number of methoxy groups -OCH3 is 2. The maximum atomic E-state index is 11.5. The van der Waals surface area contributed by atoms with Crippen molar-refractivity contribution in [2.75, 3.05) is 27.3 Å². The van der Waals surface area contributed by atoms with Crippen molar-refractivity contribution in [3.8, 4) is 0 Å². The molecule has 1 saturated heterocycles. The zero-order valence-corrected chi connectivity index (χ0v) is 10.1. The first kappa shape index (κ1) is 14.1. The van der Waals surface area contributed by atoms with Crippen LogP contribution in [0.4, 0.5) is 0 Å². The molecule has 0 saturated carbocycles. The molecule has 0 aromatic carbocycles. The first-order chi connectivity index (χ1) is 8.47. The third-order valence-electron chi connectivity index (χ3n) is 2.50. The number of imide groups is 1. The lowest BCUT2D eigenvalue weighted by Crippen LogP contribution is -2.46. The lowest BCUT2D eigenvalue weighted by molar-refractivity contribution is -0.147. The van der Waals surface area contributed by atoms with E-state index in [2.05, 4.69) is 14.8 Å². The largest absolute Gasteiger partial charge is 0.468 e. The van der Waals surface area contributed by atoms with Gasteiger partial charge in [0.25, 0.3) is 0 Å². The minimum atomic E-state index is -0.851. The number of esters is 2. The maximum absolute atomic E-state index is 11.5. The van der Waals surface area contributed by atoms with Gasteiger partial charge in [-0.3, -0.25) is 29.4 Å². The van der Waals surface area contributed by atoms with Crippen LogP contribution >= 0.6 is 0 Å². The van der Waals surface area contributed by atoms with Crippen LogP contribution in [0.3, 0.4) is 0 Å². The molecule has 100 valence electrons. The van der Waals surface area contributed by atoms with Gasteiger partial charge in [-0.1, -0.05) is 0 Å². The van der Waals surface area contributed by atoms with Crippen molar-refractivity contribution in [2.45, 2.75) is 12.5 Å². The summed E-state index contributed by atoms with van der Waals surface area (Å²) in [4.78, 5) is 46.2. The first-order valence-electron chi connectivity index (χ1n) is 5.19. The Kier molecular flexibility index (Phi) is 4.78. The Bertz CT molecular complexity index is 363. The number of hydrogen-bond acceptors (Lipinski definition) is 7. The van der Waals surface area contributed by atoms with E-state index in [1.54, 1.807) is 0 Å². The van der Waals surface area contributed by atoms with Crippen molar-refractivity contribution in [3.63, 3.8) is 0 Å². The summed E-state index contributed by atoms with van der Waals surface area (Å²) in [5.74, 6) is -2.19.